The molecule has 13 heteroatoms. The number of aryl methyl sites for hydroxylation is 1. The number of carbonyl (C=O) groups excluding carboxylic acids is 2. The van der Waals surface area contributed by atoms with Gasteiger partial charge in [-0.1, -0.05) is 59.6 Å². The van der Waals surface area contributed by atoms with Crippen LogP contribution in [-0.4, -0.2) is 89.6 Å². The Hall–Kier alpha value is -4.29. The van der Waals surface area contributed by atoms with Crippen LogP contribution in [0.25, 0.3) is 33.6 Å². The summed E-state index contributed by atoms with van der Waals surface area (Å²) in [5.41, 5.74) is 7.26. The Bertz CT molecular complexity index is 1970. The third-order valence-electron chi connectivity index (χ3n) is 10.1. The Labute approximate surface area is 307 Å². The molecule has 2 unspecified atom stereocenters. The number of pyridine rings is 1. The van der Waals surface area contributed by atoms with Gasteiger partial charge in [-0.2, -0.15) is 0 Å². The fourth-order valence-electron chi connectivity index (χ4n) is 7.33. The van der Waals surface area contributed by atoms with E-state index in [0.717, 1.165) is 66.0 Å². The molecule has 2 atom stereocenters. The molecule has 2 N–H and O–H groups in total. The largest absolute Gasteiger partial charge is 0.481 e. The number of fused-ring (bicyclic) bond motifs is 1. The van der Waals surface area contributed by atoms with E-state index in [1.54, 1.807) is 27.3 Å². The van der Waals surface area contributed by atoms with Gasteiger partial charge in [-0.05, 0) is 30.9 Å². The van der Waals surface area contributed by atoms with Crippen LogP contribution in [0.1, 0.15) is 49.0 Å². The Kier molecular flexibility index (Phi) is 10.4. The van der Waals surface area contributed by atoms with E-state index >= 15 is 0 Å². The summed E-state index contributed by atoms with van der Waals surface area (Å²) in [6.07, 6.45) is 4.94. The molecule has 0 bridgehead atoms. The van der Waals surface area contributed by atoms with Crippen molar-refractivity contribution in [2.45, 2.75) is 51.2 Å². The minimum atomic E-state index is 0.0941. The second-order valence-corrected chi connectivity index (χ2v) is 14.0. The quantitative estimate of drug-likeness (QED) is 0.211. The Balaban J connectivity index is 1.14. The number of rotatable bonds is 10. The minimum Gasteiger partial charge on any atom is -0.481 e. The molecular weight excluding hydrogens is 689 g/mol. The van der Waals surface area contributed by atoms with Crippen LogP contribution in [-0.2, 0) is 22.6 Å². The van der Waals surface area contributed by atoms with Crippen molar-refractivity contribution < 1.29 is 19.1 Å². The van der Waals surface area contributed by atoms with Gasteiger partial charge in [-0.25, -0.2) is 9.97 Å². The van der Waals surface area contributed by atoms with Crippen molar-refractivity contribution in [1.29, 1.82) is 0 Å². The third-order valence-corrected chi connectivity index (χ3v) is 10.9. The molecule has 7 rings (SSSR count). The summed E-state index contributed by atoms with van der Waals surface area (Å²) in [5, 5.41) is 7.68. The number of ether oxygens (including phenoxy) is 2. The summed E-state index contributed by atoms with van der Waals surface area (Å²) in [4.78, 5) is 42.0. The summed E-state index contributed by atoms with van der Waals surface area (Å²) in [6, 6.07) is 14.0. The minimum absolute atomic E-state index is 0.0941. The standard InChI is InChI=1S/C38H41Cl2N7O4/c1-22(48)47-16-14-46(15-17-47)21-32-37(50-2)45-31(20-42-32)28-9-5-7-26(36(28)40)25-6-4-8-27(35(25)39)30-18-23-10-12-29(34(23)38(44-30)51-3)41-19-24-11-13-33(49)43-24/h4-9,18,20,24,29,41H,10-17,19,21H2,1-3H3,(H,43,49). The number of hydrogen-bond donors (Lipinski definition) is 2. The van der Waals surface area contributed by atoms with Gasteiger partial charge in [0.25, 0.3) is 0 Å². The average molecular weight is 731 g/mol. The summed E-state index contributed by atoms with van der Waals surface area (Å²) in [7, 11) is 3.23. The van der Waals surface area contributed by atoms with Gasteiger partial charge in [-0.15, -0.1) is 0 Å². The molecule has 0 spiro atoms. The first-order chi connectivity index (χ1) is 24.7. The normalized spacial score (nSPS) is 18.8. The van der Waals surface area contributed by atoms with E-state index in [1.165, 1.54) is 5.56 Å². The van der Waals surface area contributed by atoms with Gasteiger partial charge in [0.15, 0.2) is 0 Å². The SMILES string of the molecule is COc1nc(-c2cccc(-c3cccc(-c4cc5c(c(OC)n4)C(NCC4CCC(=O)N4)CC5)c3Cl)c2Cl)cnc1CN1CCN(C(C)=O)CC1. The fourth-order valence-corrected chi connectivity index (χ4v) is 7.97. The molecule has 0 radical (unpaired) electrons. The molecule has 51 heavy (non-hydrogen) atoms. The molecule has 3 aliphatic rings. The van der Waals surface area contributed by atoms with Crippen LogP contribution in [0.15, 0.2) is 48.7 Å². The number of benzene rings is 2. The van der Waals surface area contributed by atoms with Gasteiger partial charge < -0.3 is 25.0 Å². The van der Waals surface area contributed by atoms with E-state index < -0.39 is 0 Å². The lowest BCUT2D eigenvalue weighted by Gasteiger charge is -2.34. The van der Waals surface area contributed by atoms with E-state index in [2.05, 4.69) is 21.6 Å². The molecule has 2 aromatic heterocycles. The second-order valence-electron chi connectivity index (χ2n) is 13.2. The predicted octanol–water partition coefficient (Wildman–Crippen LogP) is 5.72. The number of carbonyl (C=O) groups is 2. The Morgan fingerprint density at radius 2 is 1.55 bits per heavy atom. The summed E-state index contributed by atoms with van der Waals surface area (Å²) in [6.45, 7) is 5.77. The van der Waals surface area contributed by atoms with Gasteiger partial charge in [-0.3, -0.25) is 19.5 Å². The van der Waals surface area contributed by atoms with E-state index in [-0.39, 0.29) is 23.9 Å². The van der Waals surface area contributed by atoms with Crippen molar-refractivity contribution in [2.24, 2.45) is 0 Å². The average Bonchev–Trinajstić information content (AvgIpc) is 3.76. The molecule has 4 aromatic rings. The lowest BCUT2D eigenvalue weighted by molar-refractivity contribution is -0.130. The second kappa shape index (κ2) is 15.1. The fraction of sp³-hybridized carbons (Fsp3) is 0.395. The summed E-state index contributed by atoms with van der Waals surface area (Å²) < 4.78 is 11.5. The highest BCUT2D eigenvalue weighted by Gasteiger charge is 2.30. The maximum atomic E-state index is 11.7. The molecule has 2 aliphatic heterocycles. The summed E-state index contributed by atoms with van der Waals surface area (Å²) >= 11 is 14.3. The summed E-state index contributed by atoms with van der Waals surface area (Å²) in [5.74, 6) is 1.21. The number of methoxy groups -OCH3 is 2. The van der Waals surface area contributed by atoms with Crippen LogP contribution in [0.4, 0.5) is 0 Å². The van der Waals surface area contributed by atoms with Gasteiger partial charge in [0.1, 0.15) is 5.69 Å². The number of amides is 2. The number of nitrogens with zero attached hydrogens (tertiary/aromatic N) is 5. The monoisotopic (exact) mass is 729 g/mol. The van der Waals surface area contributed by atoms with Crippen molar-refractivity contribution in [1.82, 2.24) is 35.4 Å². The number of halogens is 2. The zero-order valence-corrected chi connectivity index (χ0v) is 30.5. The van der Waals surface area contributed by atoms with Gasteiger partial charge in [0.05, 0.1) is 41.8 Å². The van der Waals surface area contributed by atoms with E-state index in [4.69, 9.17) is 47.6 Å². The first kappa shape index (κ1) is 35.1. The molecule has 2 fully saturated rings. The highest BCUT2D eigenvalue weighted by atomic mass is 35.5. The van der Waals surface area contributed by atoms with E-state index in [9.17, 15) is 9.59 Å². The molecule has 2 aromatic carbocycles. The lowest BCUT2D eigenvalue weighted by atomic mass is 9.97. The van der Waals surface area contributed by atoms with Crippen LogP contribution in [0, 0.1) is 0 Å². The van der Waals surface area contributed by atoms with Gasteiger partial charge in [0, 0.05) is 92.5 Å². The molecule has 0 saturated carbocycles. The zero-order valence-electron chi connectivity index (χ0n) is 29.0. The highest BCUT2D eigenvalue weighted by molar-refractivity contribution is 6.39. The first-order valence-electron chi connectivity index (χ1n) is 17.3. The number of nitrogens with one attached hydrogen (secondary N) is 2. The van der Waals surface area contributed by atoms with Crippen LogP contribution in [0.5, 0.6) is 11.8 Å². The number of aromatic nitrogens is 3. The van der Waals surface area contributed by atoms with Gasteiger partial charge >= 0.3 is 0 Å². The molecular formula is C38H41Cl2N7O4. The van der Waals surface area contributed by atoms with Crippen LogP contribution in [0.2, 0.25) is 10.0 Å². The maximum Gasteiger partial charge on any atom is 0.237 e. The smallest absolute Gasteiger partial charge is 0.237 e. The molecule has 4 heterocycles. The van der Waals surface area contributed by atoms with Crippen LogP contribution in [0.3, 0.4) is 0 Å². The van der Waals surface area contributed by atoms with Gasteiger partial charge in [0.2, 0.25) is 23.6 Å². The lowest BCUT2D eigenvalue weighted by Crippen LogP contribution is -2.47. The van der Waals surface area contributed by atoms with Crippen LogP contribution < -0.4 is 20.1 Å². The zero-order chi connectivity index (χ0) is 35.6. The predicted molar refractivity (Wildman–Crippen MR) is 197 cm³/mol. The highest BCUT2D eigenvalue weighted by Crippen LogP contribution is 2.44. The Morgan fingerprint density at radius 1 is 0.902 bits per heavy atom. The first-order valence-corrected chi connectivity index (χ1v) is 18.1. The van der Waals surface area contributed by atoms with Crippen molar-refractivity contribution in [2.75, 3.05) is 46.9 Å². The van der Waals surface area contributed by atoms with Crippen molar-refractivity contribution in [3.05, 3.63) is 75.5 Å². The molecule has 1 aliphatic carbocycles. The number of hydrogen-bond acceptors (Lipinski definition) is 9. The third kappa shape index (κ3) is 7.26. The molecule has 2 saturated heterocycles. The van der Waals surface area contributed by atoms with E-state index in [0.29, 0.717) is 65.7 Å². The Morgan fingerprint density at radius 3 is 2.18 bits per heavy atom. The number of piperazine rings is 1. The van der Waals surface area contributed by atoms with Crippen molar-refractivity contribution in [3.63, 3.8) is 0 Å². The van der Waals surface area contributed by atoms with Crippen molar-refractivity contribution in [3.8, 4) is 45.4 Å². The van der Waals surface area contributed by atoms with E-state index in [1.807, 2.05) is 41.3 Å². The molecule has 11 nitrogen and oxygen atoms in total. The molecule has 2 amide bonds. The topological polar surface area (TPSA) is 122 Å². The maximum absolute atomic E-state index is 11.7. The molecule has 266 valence electrons. The van der Waals surface area contributed by atoms with Crippen molar-refractivity contribution >= 4 is 35.0 Å². The van der Waals surface area contributed by atoms with Crippen LogP contribution >= 0.6 is 23.2 Å².